The van der Waals surface area contributed by atoms with E-state index in [0.717, 1.165) is 4.90 Å². The first-order valence-corrected chi connectivity index (χ1v) is 8.08. The van der Waals surface area contributed by atoms with Gasteiger partial charge in [0.2, 0.25) is 5.91 Å². The van der Waals surface area contributed by atoms with Gasteiger partial charge < -0.3 is 10.6 Å². The average molecular weight is 363 g/mol. The molecule has 0 saturated carbocycles. The molecular weight excluding hydrogens is 352 g/mol. The first-order chi connectivity index (χ1) is 11.5. The van der Waals surface area contributed by atoms with Gasteiger partial charge in [-0.3, -0.25) is 9.59 Å². The molecule has 1 saturated heterocycles. The number of anilines is 1. The van der Waals surface area contributed by atoms with E-state index in [2.05, 4.69) is 15.6 Å². The number of thiazole rings is 1. The summed E-state index contributed by atoms with van der Waals surface area (Å²) in [5.74, 6) is -1.06. The molecule has 0 atom stereocenters. The lowest BCUT2D eigenvalue weighted by atomic mass is 10.2. The van der Waals surface area contributed by atoms with Gasteiger partial charge in [0.05, 0.1) is 0 Å². The maximum atomic E-state index is 12.3. The zero-order valence-electron chi connectivity index (χ0n) is 12.2. The smallest absolute Gasteiger partial charge is 0.303 e. The van der Waals surface area contributed by atoms with Crippen molar-refractivity contribution < 1.29 is 14.4 Å². The molecule has 0 aliphatic carbocycles. The van der Waals surface area contributed by atoms with Crippen molar-refractivity contribution in [2.45, 2.75) is 0 Å². The fourth-order valence-electron chi connectivity index (χ4n) is 2.03. The highest BCUT2D eigenvalue weighted by Gasteiger charge is 2.34. The molecule has 24 heavy (non-hydrogen) atoms. The van der Waals surface area contributed by atoms with Gasteiger partial charge in [0, 0.05) is 16.6 Å². The van der Waals surface area contributed by atoms with Crippen molar-refractivity contribution in [3.63, 3.8) is 0 Å². The lowest BCUT2D eigenvalue weighted by molar-refractivity contribution is -0.127. The number of benzene rings is 1. The van der Waals surface area contributed by atoms with Crippen molar-refractivity contribution in [1.29, 1.82) is 0 Å². The molecule has 0 radical (unpaired) electrons. The van der Waals surface area contributed by atoms with Gasteiger partial charge in [-0.15, -0.1) is 11.3 Å². The number of carbonyl (C=O) groups excluding carboxylic acids is 3. The number of halogens is 1. The van der Waals surface area contributed by atoms with Crippen LogP contribution in [-0.4, -0.2) is 34.3 Å². The van der Waals surface area contributed by atoms with Gasteiger partial charge in [0.25, 0.3) is 5.91 Å². The van der Waals surface area contributed by atoms with Crippen LogP contribution in [0.4, 0.5) is 9.93 Å². The van der Waals surface area contributed by atoms with Gasteiger partial charge in [0.15, 0.2) is 5.13 Å². The molecular formula is C15H11ClN4O3S. The number of rotatable bonds is 4. The largest absolute Gasteiger partial charge is 0.329 e. The maximum absolute atomic E-state index is 12.3. The van der Waals surface area contributed by atoms with Gasteiger partial charge in [0.1, 0.15) is 12.2 Å². The molecule has 0 bridgehead atoms. The highest BCUT2D eigenvalue weighted by atomic mass is 35.5. The maximum Gasteiger partial charge on any atom is 0.329 e. The molecule has 1 aromatic carbocycles. The molecule has 1 aliphatic heterocycles. The molecule has 2 N–H and O–H groups in total. The van der Waals surface area contributed by atoms with E-state index in [1.165, 1.54) is 17.4 Å². The molecule has 1 aromatic heterocycles. The molecule has 0 unspecified atom stereocenters. The van der Waals surface area contributed by atoms with Crippen molar-refractivity contribution in [2.24, 2.45) is 0 Å². The van der Waals surface area contributed by atoms with Crippen LogP contribution >= 0.6 is 22.9 Å². The Bertz CT molecular complexity index is 818. The molecule has 0 spiro atoms. The Hall–Kier alpha value is -2.71. The van der Waals surface area contributed by atoms with Crippen LogP contribution in [0.3, 0.4) is 0 Å². The van der Waals surface area contributed by atoms with Crippen LogP contribution in [0.1, 0.15) is 5.56 Å². The highest BCUT2D eigenvalue weighted by Crippen LogP contribution is 2.16. The van der Waals surface area contributed by atoms with Gasteiger partial charge in [-0.05, 0) is 23.8 Å². The van der Waals surface area contributed by atoms with Crippen molar-refractivity contribution in [2.75, 3.05) is 11.9 Å². The van der Waals surface area contributed by atoms with Crippen molar-refractivity contribution in [3.8, 4) is 0 Å². The minimum atomic E-state index is -0.644. The van der Waals surface area contributed by atoms with E-state index in [9.17, 15) is 14.4 Å². The Labute approximate surface area is 145 Å². The van der Waals surface area contributed by atoms with E-state index < -0.39 is 17.8 Å². The third kappa shape index (κ3) is 3.61. The normalized spacial score (nSPS) is 15.7. The lowest BCUT2D eigenvalue weighted by Gasteiger charge is -2.10. The lowest BCUT2D eigenvalue weighted by Crippen LogP contribution is -2.38. The highest BCUT2D eigenvalue weighted by molar-refractivity contribution is 7.13. The predicted octanol–water partition coefficient (Wildman–Crippen LogP) is 2.33. The third-order valence-corrected chi connectivity index (χ3v) is 4.06. The van der Waals surface area contributed by atoms with E-state index in [4.69, 9.17) is 11.6 Å². The van der Waals surface area contributed by atoms with Crippen molar-refractivity contribution >= 4 is 52.0 Å². The molecule has 7 nitrogen and oxygen atoms in total. The summed E-state index contributed by atoms with van der Waals surface area (Å²) < 4.78 is 0. The van der Waals surface area contributed by atoms with Crippen LogP contribution in [0.25, 0.3) is 6.08 Å². The summed E-state index contributed by atoms with van der Waals surface area (Å²) in [7, 11) is 0. The number of aromatic nitrogens is 1. The molecule has 1 fully saturated rings. The SMILES string of the molecule is O=C(CN1C(=O)N/C(=C\c2ccc(Cl)cc2)C1=O)Nc1nccs1. The quantitative estimate of drug-likeness (QED) is 0.645. The summed E-state index contributed by atoms with van der Waals surface area (Å²) in [6.07, 6.45) is 3.07. The van der Waals surface area contributed by atoms with Gasteiger partial charge in [-0.25, -0.2) is 14.7 Å². The number of hydrogen-bond acceptors (Lipinski definition) is 5. The van der Waals surface area contributed by atoms with E-state index in [0.29, 0.717) is 15.7 Å². The Morgan fingerprint density at radius 1 is 1.33 bits per heavy atom. The first-order valence-electron chi connectivity index (χ1n) is 6.82. The second kappa shape index (κ2) is 6.81. The van der Waals surface area contributed by atoms with Crippen LogP contribution in [0.2, 0.25) is 5.02 Å². The van der Waals surface area contributed by atoms with E-state index >= 15 is 0 Å². The summed E-state index contributed by atoms with van der Waals surface area (Å²) in [6, 6.07) is 6.14. The Balaban J connectivity index is 1.69. The zero-order valence-corrected chi connectivity index (χ0v) is 13.7. The number of amides is 4. The summed E-state index contributed by atoms with van der Waals surface area (Å²) >= 11 is 7.05. The summed E-state index contributed by atoms with van der Waals surface area (Å²) in [5.41, 5.74) is 0.807. The fraction of sp³-hybridized carbons (Fsp3) is 0.0667. The second-order valence-corrected chi connectivity index (χ2v) is 6.15. The summed E-state index contributed by atoms with van der Waals surface area (Å²) in [6.45, 7) is -0.387. The number of nitrogens with zero attached hydrogens (tertiary/aromatic N) is 2. The summed E-state index contributed by atoms with van der Waals surface area (Å²) in [5, 5.41) is 7.65. The summed E-state index contributed by atoms with van der Waals surface area (Å²) in [4.78, 5) is 40.8. The van der Waals surface area contributed by atoms with Gasteiger partial charge in [-0.1, -0.05) is 23.7 Å². The van der Waals surface area contributed by atoms with Crippen molar-refractivity contribution in [3.05, 3.63) is 52.1 Å². The van der Waals surface area contributed by atoms with Crippen LogP contribution < -0.4 is 10.6 Å². The van der Waals surface area contributed by atoms with Gasteiger partial charge >= 0.3 is 6.03 Å². The van der Waals surface area contributed by atoms with Crippen LogP contribution in [0.15, 0.2) is 41.5 Å². The van der Waals surface area contributed by atoms with Crippen LogP contribution in [0.5, 0.6) is 0 Å². The van der Waals surface area contributed by atoms with Crippen LogP contribution in [0, 0.1) is 0 Å². The minimum Gasteiger partial charge on any atom is -0.303 e. The average Bonchev–Trinajstić information content (AvgIpc) is 3.14. The number of nitrogens with one attached hydrogen (secondary N) is 2. The molecule has 1 aliphatic rings. The monoisotopic (exact) mass is 362 g/mol. The van der Waals surface area contributed by atoms with E-state index in [-0.39, 0.29) is 12.2 Å². The molecule has 9 heteroatoms. The molecule has 122 valence electrons. The zero-order chi connectivity index (χ0) is 17.1. The van der Waals surface area contributed by atoms with Crippen LogP contribution in [-0.2, 0) is 9.59 Å². The molecule has 4 amide bonds. The predicted molar refractivity (Wildman–Crippen MR) is 90.4 cm³/mol. The Morgan fingerprint density at radius 3 is 2.75 bits per heavy atom. The molecule has 3 rings (SSSR count). The first kappa shape index (κ1) is 16.2. The van der Waals surface area contributed by atoms with Gasteiger partial charge in [-0.2, -0.15) is 0 Å². The number of carbonyl (C=O) groups is 3. The number of urea groups is 1. The van der Waals surface area contributed by atoms with Crippen molar-refractivity contribution in [1.82, 2.24) is 15.2 Å². The number of imide groups is 1. The standard InChI is InChI=1S/C15H11ClN4O3S/c16-10-3-1-9(2-4-10)7-11-13(22)20(15(23)18-11)8-12(21)19-14-17-5-6-24-14/h1-7H,8H2,(H,18,23)(H,17,19,21)/b11-7-. The second-order valence-electron chi connectivity index (χ2n) is 4.82. The molecule has 2 heterocycles. The Morgan fingerprint density at radius 2 is 2.08 bits per heavy atom. The topological polar surface area (TPSA) is 91.4 Å². The molecule has 2 aromatic rings. The van der Waals surface area contributed by atoms with E-state index in [1.54, 1.807) is 35.8 Å². The minimum absolute atomic E-state index is 0.101. The third-order valence-electron chi connectivity index (χ3n) is 3.12. The fourth-order valence-corrected chi connectivity index (χ4v) is 2.70. The number of hydrogen-bond donors (Lipinski definition) is 2. The Kier molecular flexibility index (Phi) is 4.59. The van der Waals surface area contributed by atoms with E-state index in [1.807, 2.05) is 0 Å².